The first-order valence-corrected chi connectivity index (χ1v) is 7.07. The number of carbonyl (C=O) groups is 3. The molecule has 6 nitrogen and oxygen atoms in total. The largest absolute Gasteiger partial charge is 0.426 e. The van der Waals surface area contributed by atoms with E-state index < -0.39 is 23.3 Å². The summed E-state index contributed by atoms with van der Waals surface area (Å²) in [5.74, 6) is -0.365. The van der Waals surface area contributed by atoms with Crippen molar-refractivity contribution in [2.45, 2.75) is 13.8 Å². The zero-order valence-electron chi connectivity index (χ0n) is 12.1. The summed E-state index contributed by atoms with van der Waals surface area (Å²) in [6.45, 7) is 3.39. The van der Waals surface area contributed by atoms with Crippen LogP contribution in [0.25, 0.3) is 6.08 Å². The van der Waals surface area contributed by atoms with Crippen LogP contribution in [0.4, 0.5) is 4.79 Å². The second kappa shape index (κ2) is 6.19. The number of hydrogen-bond donors (Lipinski definition) is 2. The molecule has 2 rings (SSSR count). The molecule has 0 aliphatic carbocycles. The van der Waals surface area contributed by atoms with Gasteiger partial charge in [-0.1, -0.05) is 12.1 Å². The van der Waals surface area contributed by atoms with Crippen molar-refractivity contribution in [2.24, 2.45) is 5.41 Å². The Bertz CT molecular complexity index is 650. The summed E-state index contributed by atoms with van der Waals surface area (Å²) in [6.07, 6.45) is 1.52. The van der Waals surface area contributed by atoms with Crippen LogP contribution in [0.3, 0.4) is 0 Å². The van der Waals surface area contributed by atoms with Crippen LogP contribution in [-0.4, -0.2) is 23.8 Å². The lowest BCUT2D eigenvalue weighted by molar-refractivity contribution is -0.142. The molecule has 0 saturated carbocycles. The Kier molecular flexibility index (Phi) is 4.51. The van der Waals surface area contributed by atoms with Gasteiger partial charge in [-0.15, -0.1) is 11.6 Å². The van der Waals surface area contributed by atoms with Crippen LogP contribution in [0.1, 0.15) is 19.4 Å². The fourth-order valence-corrected chi connectivity index (χ4v) is 1.69. The van der Waals surface area contributed by atoms with Gasteiger partial charge in [0.15, 0.2) is 0 Å². The molecule has 0 atom stereocenters. The number of alkyl halides is 1. The van der Waals surface area contributed by atoms with E-state index in [4.69, 9.17) is 16.3 Å². The van der Waals surface area contributed by atoms with Gasteiger partial charge >= 0.3 is 12.0 Å². The molecule has 0 bridgehead atoms. The third kappa shape index (κ3) is 3.65. The first kappa shape index (κ1) is 16.0. The first-order valence-electron chi connectivity index (χ1n) is 6.54. The summed E-state index contributed by atoms with van der Waals surface area (Å²) >= 11 is 5.72. The lowest BCUT2D eigenvalue weighted by Gasteiger charge is -2.18. The first-order chi connectivity index (χ1) is 10.3. The number of ether oxygens (including phenoxy) is 1. The average Bonchev–Trinajstić information content (AvgIpc) is 2.79. The van der Waals surface area contributed by atoms with Crippen molar-refractivity contribution in [3.05, 3.63) is 35.5 Å². The zero-order valence-corrected chi connectivity index (χ0v) is 12.9. The fourth-order valence-electron chi connectivity index (χ4n) is 1.58. The predicted molar refractivity (Wildman–Crippen MR) is 81.2 cm³/mol. The van der Waals surface area contributed by atoms with Crippen molar-refractivity contribution >= 4 is 35.6 Å². The number of hydrogen-bond acceptors (Lipinski definition) is 4. The van der Waals surface area contributed by atoms with Gasteiger partial charge in [-0.05, 0) is 37.6 Å². The molecular weight excluding hydrogens is 308 g/mol. The van der Waals surface area contributed by atoms with Gasteiger partial charge in [0.1, 0.15) is 11.4 Å². The Morgan fingerprint density at radius 1 is 1.23 bits per heavy atom. The van der Waals surface area contributed by atoms with Gasteiger partial charge in [0.2, 0.25) is 0 Å². The van der Waals surface area contributed by atoms with Crippen LogP contribution >= 0.6 is 11.6 Å². The van der Waals surface area contributed by atoms with E-state index >= 15 is 0 Å². The van der Waals surface area contributed by atoms with Gasteiger partial charge < -0.3 is 10.1 Å². The van der Waals surface area contributed by atoms with Crippen LogP contribution in [0.2, 0.25) is 0 Å². The molecule has 0 spiro atoms. The molecule has 1 aromatic carbocycles. The zero-order chi connectivity index (χ0) is 16.3. The Labute approximate surface area is 132 Å². The molecule has 1 heterocycles. The molecule has 1 aliphatic rings. The third-order valence-corrected chi connectivity index (χ3v) is 3.68. The highest BCUT2D eigenvalue weighted by molar-refractivity contribution is 6.19. The van der Waals surface area contributed by atoms with E-state index in [1.54, 1.807) is 38.1 Å². The van der Waals surface area contributed by atoms with Gasteiger partial charge in [-0.2, -0.15) is 0 Å². The number of benzene rings is 1. The number of amides is 3. The minimum absolute atomic E-state index is 0.158. The summed E-state index contributed by atoms with van der Waals surface area (Å²) in [4.78, 5) is 34.3. The maximum atomic E-state index is 11.9. The van der Waals surface area contributed by atoms with E-state index in [-0.39, 0.29) is 11.6 Å². The van der Waals surface area contributed by atoms with Crippen LogP contribution in [0.5, 0.6) is 5.75 Å². The molecule has 2 N–H and O–H groups in total. The van der Waals surface area contributed by atoms with Crippen molar-refractivity contribution in [1.82, 2.24) is 10.6 Å². The summed E-state index contributed by atoms with van der Waals surface area (Å²) in [5, 5.41) is 4.50. The van der Waals surface area contributed by atoms with Gasteiger partial charge in [0, 0.05) is 5.88 Å². The van der Waals surface area contributed by atoms with E-state index in [9.17, 15) is 14.4 Å². The molecule has 116 valence electrons. The standard InChI is InChI=1S/C15H15ClN2O4/c1-15(2,8-16)13(20)22-10-5-3-9(4-6-10)7-11-12(19)18-14(21)17-11/h3-7H,8H2,1-2H3,(H2,17,18,19,21). The van der Waals surface area contributed by atoms with Crippen LogP contribution < -0.4 is 15.4 Å². The van der Waals surface area contributed by atoms with Crippen LogP contribution in [0.15, 0.2) is 30.0 Å². The quantitative estimate of drug-likeness (QED) is 0.292. The molecular formula is C15H15ClN2O4. The lowest BCUT2D eigenvalue weighted by Crippen LogP contribution is -2.30. The normalized spacial score (nSPS) is 16.4. The van der Waals surface area contributed by atoms with Gasteiger partial charge in [0.25, 0.3) is 5.91 Å². The number of esters is 1. The predicted octanol–water partition coefficient (Wildman–Crippen LogP) is 2.04. The number of carbonyl (C=O) groups excluding carboxylic acids is 3. The van der Waals surface area contributed by atoms with Gasteiger partial charge in [-0.25, -0.2) is 4.79 Å². The minimum Gasteiger partial charge on any atom is -0.426 e. The highest BCUT2D eigenvalue weighted by atomic mass is 35.5. The Balaban J connectivity index is 2.08. The third-order valence-electron chi connectivity index (χ3n) is 3.01. The maximum Gasteiger partial charge on any atom is 0.326 e. The molecule has 1 saturated heterocycles. The molecule has 22 heavy (non-hydrogen) atoms. The monoisotopic (exact) mass is 322 g/mol. The van der Waals surface area contributed by atoms with Crippen LogP contribution in [0, 0.1) is 5.41 Å². The van der Waals surface area contributed by atoms with E-state index in [1.807, 2.05) is 0 Å². The van der Waals surface area contributed by atoms with E-state index in [2.05, 4.69) is 10.6 Å². The van der Waals surface area contributed by atoms with Crippen molar-refractivity contribution in [2.75, 3.05) is 5.88 Å². The van der Waals surface area contributed by atoms with Crippen molar-refractivity contribution in [3.63, 3.8) is 0 Å². The smallest absolute Gasteiger partial charge is 0.326 e. The van der Waals surface area contributed by atoms with Crippen molar-refractivity contribution in [1.29, 1.82) is 0 Å². The minimum atomic E-state index is -0.769. The number of rotatable bonds is 4. The summed E-state index contributed by atoms with van der Waals surface area (Å²) in [6, 6.07) is 5.99. The Hall–Kier alpha value is -2.34. The lowest BCUT2D eigenvalue weighted by atomic mass is 9.97. The van der Waals surface area contributed by atoms with Gasteiger partial charge in [-0.3, -0.25) is 14.9 Å². The number of urea groups is 1. The van der Waals surface area contributed by atoms with E-state index in [1.165, 1.54) is 6.08 Å². The van der Waals surface area contributed by atoms with E-state index in [0.29, 0.717) is 11.3 Å². The second-order valence-corrected chi connectivity index (χ2v) is 5.71. The molecule has 7 heteroatoms. The summed E-state index contributed by atoms with van der Waals surface area (Å²) < 4.78 is 5.24. The maximum absolute atomic E-state index is 11.9. The molecule has 1 fully saturated rings. The fraction of sp³-hybridized carbons (Fsp3) is 0.267. The molecule has 3 amide bonds. The molecule has 1 aliphatic heterocycles. The average molecular weight is 323 g/mol. The van der Waals surface area contributed by atoms with Crippen molar-refractivity contribution in [3.8, 4) is 5.75 Å². The highest BCUT2D eigenvalue weighted by Gasteiger charge is 2.28. The molecule has 0 radical (unpaired) electrons. The highest BCUT2D eigenvalue weighted by Crippen LogP contribution is 2.22. The topological polar surface area (TPSA) is 84.5 Å². The number of nitrogens with one attached hydrogen (secondary N) is 2. The Morgan fingerprint density at radius 3 is 2.36 bits per heavy atom. The number of imide groups is 1. The summed E-state index contributed by atoms with van der Waals surface area (Å²) in [5.41, 5.74) is 0.0794. The van der Waals surface area contributed by atoms with E-state index in [0.717, 1.165) is 0 Å². The SMILES string of the molecule is CC(C)(CCl)C(=O)Oc1ccc(C=C2NC(=O)NC2=O)cc1. The molecule has 1 aromatic rings. The van der Waals surface area contributed by atoms with Crippen LogP contribution in [-0.2, 0) is 9.59 Å². The second-order valence-electron chi connectivity index (χ2n) is 5.44. The number of halogens is 1. The Morgan fingerprint density at radius 2 is 1.86 bits per heavy atom. The van der Waals surface area contributed by atoms with Gasteiger partial charge in [0.05, 0.1) is 5.41 Å². The van der Waals surface area contributed by atoms with Crippen molar-refractivity contribution < 1.29 is 19.1 Å². The summed E-state index contributed by atoms with van der Waals surface area (Å²) in [7, 11) is 0. The molecule has 0 unspecified atom stereocenters. The molecule has 0 aromatic heterocycles.